The van der Waals surface area contributed by atoms with Gasteiger partial charge >= 0.3 is 17.9 Å². The average Bonchev–Trinajstić information content (AvgIpc) is 3.02. The van der Waals surface area contributed by atoms with Gasteiger partial charge in [0, 0.05) is 37.8 Å². The average molecular weight is 384 g/mol. The summed E-state index contributed by atoms with van der Waals surface area (Å²) in [6.07, 6.45) is 0.934. The molecule has 1 aromatic carbocycles. The molecule has 0 saturated heterocycles. The van der Waals surface area contributed by atoms with E-state index >= 15 is 0 Å². The minimum absolute atomic E-state index is 0.167. The number of hydrogen-bond donors (Lipinski definition) is 0. The number of fused-ring (bicyclic) bond motifs is 8. The van der Waals surface area contributed by atoms with Crippen molar-refractivity contribution in [3.05, 3.63) is 34.6 Å². The van der Waals surface area contributed by atoms with Crippen molar-refractivity contribution >= 4 is 17.9 Å². The molecule has 0 aliphatic heterocycles. The van der Waals surface area contributed by atoms with Crippen LogP contribution in [0, 0.1) is 17.8 Å². The molecule has 6 heteroatoms. The summed E-state index contributed by atoms with van der Waals surface area (Å²) in [6, 6.07) is 3.42. The Labute approximate surface area is 163 Å². The molecule has 2 bridgehead atoms. The van der Waals surface area contributed by atoms with E-state index in [1.54, 1.807) is 12.1 Å². The molecule has 3 aliphatic carbocycles. The van der Waals surface area contributed by atoms with Gasteiger partial charge in [0.05, 0.1) is 0 Å². The predicted octanol–water partition coefficient (Wildman–Crippen LogP) is 3.84. The smallest absolute Gasteiger partial charge is 0.308 e. The Bertz CT molecular complexity index is 868. The van der Waals surface area contributed by atoms with Gasteiger partial charge in [-0.1, -0.05) is 0 Å². The van der Waals surface area contributed by atoms with Gasteiger partial charge in [0.25, 0.3) is 0 Å². The maximum atomic E-state index is 11.6. The third-order valence-corrected chi connectivity index (χ3v) is 6.08. The van der Waals surface area contributed by atoms with Crippen molar-refractivity contribution in [1.82, 2.24) is 0 Å². The van der Waals surface area contributed by atoms with Crippen LogP contribution < -0.4 is 9.47 Å². The fourth-order valence-electron chi connectivity index (χ4n) is 5.46. The van der Waals surface area contributed by atoms with E-state index in [0.29, 0.717) is 23.3 Å². The molecule has 2 saturated carbocycles. The Morgan fingerprint density at radius 1 is 0.786 bits per heavy atom. The zero-order chi connectivity index (χ0) is 20.3. The predicted molar refractivity (Wildman–Crippen MR) is 99.8 cm³/mol. The third-order valence-electron chi connectivity index (χ3n) is 6.08. The molecule has 5 atom stereocenters. The van der Waals surface area contributed by atoms with E-state index < -0.39 is 0 Å². The first kappa shape index (κ1) is 18.7. The molecule has 0 amide bonds. The van der Waals surface area contributed by atoms with Gasteiger partial charge < -0.3 is 14.2 Å². The molecule has 0 heterocycles. The number of benzene rings is 1. The monoisotopic (exact) mass is 384 g/mol. The summed E-state index contributed by atoms with van der Waals surface area (Å²) >= 11 is 0. The number of carbonyl (C=O) groups excluding carboxylic acids is 3. The number of hydrogen-bond acceptors (Lipinski definition) is 6. The van der Waals surface area contributed by atoms with Crippen molar-refractivity contribution in [2.24, 2.45) is 17.8 Å². The van der Waals surface area contributed by atoms with E-state index in [4.69, 9.17) is 14.2 Å². The molecule has 4 rings (SSSR count). The number of rotatable bonds is 4. The largest absolute Gasteiger partial charge is 0.431 e. The van der Waals surface area contributed by atoms with Gasteiger partial charge in [0.2, 0.25) is 0 Å². The Balaban J connectivity index is 1.75. The van der Waals surface area contributed by atoms with Crippen molar-refractivity contribution < 1.29 is 28.6 Å². The lowest BCUT2D eigenvalue weighted by Gasteiger charge is -2.20. The van der Waals surface area contributed by atoms with Crippen molar-refractivity contribution in [2.75, 3.05) is 0 Å². The summed E-state index contributed by atoms with van der Waals surface area (Å²) in [6.45, 7) is 8.09. The van der Waals surface area contributed by atoms with Crippen LogP contribution >= 0.6 is 0 Å². The molecule has 0 N–H and O–H groups in total. The molecule has 1 aromatic rings. The van der Waals surface area contributed by atoms with E-state index in [9.17, 15) is 14.4 Å². The first-order valence-electron chi connectivity index (χ1n) is 9.60. The minimum atomic E-state index is -0.376. The van der Waals surface area contributed by atoms with Crippen LogP contribution in [0.5, 0.6) is 11.5 Å². The first-order chi connectivity index (χ1) is 13.2. The second-order valence-electron chi connectivity index (χ2n) is 8.16. The van der Waals surface area contributed by atoms with Crippen LogP contribution in [0.3, 0.4) is 0 Å². The number of carbonyl (C=O) groups is 3. The topological polar surface area (TPSA) is 78.9 Å². The summed E-state index contributed by atoms with van der Waals surface area (Å²) < 4.78 is 16.5. The van der Waals surface area contributed by atoms with Gasteiger partial charge in [-0.05, 0) is 61.6 Å². The van der Waals surface area contributed by atoms with Gasteiger partial charge in [-0.2, -0.15) is 0 Å². The SMILES string of the molecule is CC(=O)OC(=C(C)C)C1[C@@H]2[C@H]1[C@@H]1C[C@H]2c2c(OC(C)=O)ccc(OC(C)=O)c21. The third kappa shape index (κ3) is 2.82. The molecule has 2 fully saturated rings. The minimum Gasteiger partial charge on any atom is -0.431 e. The van der Waals surface area contributed by atoms with Crippen molar-refractivity contribution in [2.45, 2.75) is 52.9 Å². The van der Waals surface area contributed by atoms with Gasteiger partial charge in [-0.3, -0.25) is 14.4 Å². The lowest BCUT2D eigenvalue weighted by molar-refractivity contribution is -0.137. The van der Waals surface area contributed by atoms with Crippen molar-refractivity contribution in [3.63, 3.8) is 0 Å². The second-order valence-corrected chi connectivity index (χ2v) is 8.16. The number of ether oxygens (including phenoxy) is 3. The zero-order valence-electron chi connectivity index (χ0n) is 16.7. The highest BCUT2D eigenvalue weighted by molar-refractivity contribution is 5.74. The van der Waals surface area contributed by atoms with Crippen LogP contribution in [0.15, 0.2) is 23.5 Å². The van der Waals surface area contributed by atoms with Crippen molar-refractivity contribution in [3.8, 4) is 11.5 Å². The first-order valence-corrected chi connectivity index (χ1v) is 9.60. The van der Waals surface area contributed by atoms with E-state index in [2.05, 4.69) is 0 Å². The van der Waals surface area contributed by atoms with E-state index in [0.717, 1.165) is 28.9 Å². The summed E-state index contributed by atoms with van der Waals surface area (Å²) in [4.78, 5) is 34.8. The molecular formula is C22H24O6. The Hall–Kier alpha value is -2.63. The number of allylic oxidation sites excluding steroid dienone is 2. The van der Waals surface area contributed by atoms with Crippen LogP contribution in [0.2, 0.25) is 0 Å². The highest BCUT2D eigenvalue weighted by Crippen LogP contribution is 2.77. The van der Waals surface area contributed by atoms with Gasteiger partial charge in [0.1, 0.15) is 17.3 Å². The summed E-state index contributed by atoms with van der Waals surface area (Å²) in [5, 5.41) is 0. The Kier molecular flexibility index (Phi) is 4.32. The van der Waals surface area contributed by atoms with Crippen LogP contribution in [0.1, 0.15) is 64.0 Å². The van der Waals surface area contributed by atoms with Gasteiger partial charge in [0.15, 0.2) is 0 Å². The maximum Gasteiger partial charge on any atom is 0.308 e. The van der Waals surface area contributed by atoms with Crippen LogP contribution in [-0.2, 0) is 19.1 Å². The summed E-state index contributed by atoms with van der Waals surface area (Å²) in [5.41, 5.74) is 2.94. The van der Waals surface area contributed by atoms with Gasteiger partial charge in [-0.15, -0.1) is 0 Å². The lowest BCUT2D eigenvalue weighted by atomic mass is 9.90. The molecule has 28 heavy (non-hydrogen) atoms. The molecule has 0 aromatic heterocycles. The molecule has 0 radical (unpaired) electrons. The second kappa shape index (κ2) is 6.47. The van der Waals surface area contributed by atoms with E-state index in [1.807, 2.05) is 13.8 Å². The van der Waals surface area contributed by atoms with E-state index in [-0.39, 0.29) is 35.7 Å². The highest BCUT2D eigenvalue weighted by atomic mass is 16.5. The molecule has 0 spiro atoms. The summed E-state index contributed by atoms with van der Waals surface area (Å²) in [5.74, 6) is 2.04. The Morgan fingerprint density at radius 3 is 1.61 bits per heavy atom. The zero-order valence-corrected chi connectivity index (χ0v) is 16.7. The Morgan fingerprint density at radius 2 is 1.25 bits per heavy atom. The number of esters is 3. The quantitative estimate of drug-likeness (QED) is 0.446. The fraction of sp³-hybridized carbons (Fsp3) is 0.500. The maximum absolute atomic E-state index is 11.6. The van der Waals surface area contributed by atoms with Crippen LogP contribution in [0.25, 0.3) is 0 Å². The molecule has 148 valence electrons. The van der Waals surface area contributed by atoms with E-state index in [1.165, 1.54) is 20.8 Å². The van der Waals surface area contributed by atoms with Crippen LogP contribution in [-0.4, -0.2) is 17.9 Å². The lowest BCUT2D eigenvalue weighted by Crippen LogP contribution is -2.11. The van der Waals surface area contributed by atoms with Crippen molar-refractivity contribution in [1.29, 1.82) is 0 Å². The summed E-state index contributed by atoms with van der Waals surface area (Å²) in [7, 11) is 0. The van der Waals surface area contributed by atoms with Gasteiger partial charge in [-0.25, -0.2) is 0 Å². The van der Waals surface area contributed by atoms with Crippen LogP contribution in [0.4, 0.5) is 0 Å². The fourth-order valence-corrected chi connectivity index (χ4v) is 5.46. The molecule has 3 aliphatic rings. The highest BCUT2D eigenvalue weighted by Gasteiger charge is 2.70. The molecule has 1 unspecified atom stereocenters. The standard InChI is InChI=1S/C22H24O6/c1-9(2)22(28-12(5)25)21-19-13-8-14(20(19)21)18-16(27-11(4)24)7-6-15(17(13)18)26-10(3)23/h6-7,13-14,19-21H,8H2,1-5H3/t13-,14+,19-,20+,21?. The molecular weight excluding hydrogens is 360 g/mol. The normalized spacial score (nSPS) is 28.1. The molecule has 6 nitrogen and oxygen atoms in total.